The Kier molecular flexibility index (Phi) is 5.76. The maximum absolute atomic E-state index is 12.0. The van der Waals surface area contributed by atoms with Crippen LogP contribution >= 0.6 is 0 Å². The maximum atomic E-state index is 12.0. The number of benzene rings is 1. The number of amides is 1. The molecule has 0 bridgehead atoms. The van der Waals surface area contributed by atoms with E-state index in [0.29, 0.717) is 11.6 Å². The van der Waals surface area contributed by atoms with Crippen LogP contribution < -0.4 is 5.32 Å². The van der Waals surface area contributed by atoms with E-state index < -0.39 is 6.10 Å². The number of aliphatic hydroxyl groups is 1. The molecule has 1 aromatic rings. The summed E-state index contributed by atoms with van der Waals surface area (Å²) in [6, 6.07) is 7.29. The molecule has 0 spiro atoms. The molecule has 1 aliphatic rings. The highest BCUT2D eigenvalue weighted by molar-refractivity contribution is 5.92. The minimum Gasteiger partial charge on any atom is -0.389 e. The molecule has 1 amide bonds. The summed E-state index contributed by atoms with van der Waals surface area (Å²) >= 11 is 0. The van der Waals surface area contributed by atoms with Gasteiger partial charge in [0.15, 0.2) is 0 Å². The van der Waals surface area contributed by atoms with Crippen LogP contribution in [0.25, 0.3) is 0 Å². The fourth-order valence-electron chi connectivity index (χ4n) is 2.88. The number of carbonyl (C=O) groups is 1. The lowest BCUT2D eigenvalue weighted by molar-refractivity contribution is -0.123. The normalized spacial score (nSPS) is 23.6. The van der Waals surface area contributed by atoms with Crippen LogP contribution in [0.3, 0.4) is 0 Å². The molecule has 0 radical (unpaired) electrons. The van der Waals surface area contributed by atoms with Crippen LogP contribution in [0.15, 0.2) is 24.3 Å². The van der Waals surface area contributed by atoms with Crippen LogP contribution in [0.5, 0.6) is 0 Å². The van der Waals surface area contributed by atoms with Gasteiger partial charge in [0, 0.05) is 11.3 Å². The van der Waals surface area contributed by atoms with Crippen LogP contribution in [0.4, 0.5) is 5.69 Å². The summed E-state index contributed by atoms with van der Waals surface area (Å²) < 4.78 is 5.71. The second-order valence-corrected chi connectivity index (χ2v) is 6.02. The lowest BCUT2D eigenvalue weighted by atomic mass is 9.89. The minimum absolute atomic E-state index is 0.0749. The van der Waals surface area contributed by atoms with Crippen LogP contribution in [0.1, 0.15) is 51.2 Å². The quantitative estimate of drug-likeness (QED) is 0.875. The summed E-state index contributed by atoms with van der Waals surface area (Å²) in [5.41, 5.74) is 1.37. The Morgan fingerprint density at radius 3 is 2.90 bits per heavy atom. The molecule has 116 valence electrons. The van der Waals surface area contributed by atoms with Crippen molar-refractivity contribution in [1.82, 2.24) is 0 Å². The zero-order valence-electron chi connectivity index (χ0n) is 12.8. The smallest absolute Gasteiger partial charge is 0.250 e. The highest BCUT2D eigenvalue weighted by Gasteiger charge is 2.20. The van der Waals surface area contributed by atoms with Gasteiger partial charge in [0.2, 0.25) is 5.91 Å². The zero-order chi connectivity index (χ0) is 15.2. The summed E-state index contributed by atoms with van der Waals surface area (Å²) in [6.45, 7) is 3.99. The predicted octanol–water partition coefficient (Wildman–Crippen LogP) is 3.27. The summed E-state index contributed by atoms with van der Waals surface area (Å²) in [7, 11) is 0. The van der Waals surface area contributed by atoms with E-state index in [4.69, 9.17) is 4.74 Å². The number of ether oxygens (including phenoxy) is 1. The second-order valence-electron chi connectivity index (χ2n) is 6.02. The first kappa shape index (κ1) is 16.0. The Morgan fingerprint density at radius 1 is 1.43 bits per heavy atom. The first-order valence-corrected chi connectivity index (χ1v) is 7.74. The van der Waals surface area contributed by atoms with Crippen LogP contribution in [-0.4, -0.2) is 23.7 Å². The molecular formula is C17H25NO3. The molecule has 3 atom stereocenters. The van der Waals surface area contributed by atoms with E-state index in [-0.39, 0.29) is 18.6 Å². The molecule has 0 saturated heterocycles. The van der Waals surface area contributed by atoms with Crippen LogP contribution in [0, 0.1) is 5.92 Å². The number of hydrogen-bond donors (Lipinski definition) is 2. The third-order valence-electron chi connectivity index (χ3n) is 4.02. The Morgan fingerprint density at radius 2 is 2.19 bits per heavy atom. The molecule has 4 heteroatoms. The Hall–Kier alpha value is -1.39. The first-order chi connectivity index (χ1) is 10.1. The molecule has 21 heavy (non-hydrogen) atoms. The van der Waals surface area contributed by atoms with E-state index in [1.165, 1.54) is 12.8 Å². The monoisotopic (exact) mass is 291 g/mol. The summed E-state index contributed by atoms with van der Waals surface area (Å²) in [6.07, 6.45) is 4.11. The lowest BCUT2D eigenvalue weighted by Crippen LogP contribution is -2.27. The van der Waals surface area contributed by atoms with Crippen molar-refractivity contribution in [3.05, 3.63) is 29.8 Å². The number of carbonyl (C=O) groups excluding carboxylic acids is 1. The number of para-hydroxylation sites is 1. The van der Waals surface area contributed by atoms with Gasteiger partial charge in [0.1, 0.15) is 6.61 Å². The molecular weight excluding hydrogens is 266 g/mol. The average Bonchev–Trinajstić information content (AvgIpc) is 2.45. The van der Waals surface area contributed by atoms with Gasteiger partial charge in [-0.25, -0.2) is 0 Å². The highest BCUT2D eigenvalue weighted by Crippen LogP contribution is 2.26. The van der Waals surface area contributed by atoms with Crippen molar-refractivity contribution in [3.63, 3.8) is 0 Å². The number of nitrogens with one attached hydrogen (secondary N) is 1. The molecule has 1 aromatic carbocycles. The fraction of sp³-hybridized carbons (Fsp3) is 0.588. The van der Waals surface area contributed by atoms with Gasteiger partial charge in [-0.3, -0.25) is 4.79 Å². The Bertz CT molecular complexity index is 473. The maximum Gasteiger partial charge on any atom is 0.250 e. The highest BCUT2D eigenvalue weighted by atomic mass is 16.5. The van der Waals surface area contributed by atoms with Crippen molar-refractivity contribution >= 4 is 11.6 Å². The van der Waals surface area contributed by atoms with Crippen molar-refractivity contribution < 1.29 is 14.6 Å². The van der Waals surface area contributed by atoms with E-state index >= 15 is 0 Å². The van der Waals surface area contributed by atoms with Crippen LogP contribution in [0.2, 0.25) is 0 Å². The van der Waals surface area contributed by atoms with Crippen LogP contribution in [-0.2, 0) is 9.53 Å². The van der Waals surface area contributed by atoms with E-state index in [1.807, 2.05) is 18.2 Å². The summed E-state index contributed by atoms with van der Waals surface area (Å²) in [4.78, 5) is 12.0. The van der Waals surface area contributed by atoms with Gasteiger partial charge in [-0.1, -0.05) is 38.0 Å². The topological polar surface area (TPSA) is 58.6 Å². The van der Waals surface area contributed by atoms with Gasteiger partial charge in [-0.2, -0.15) is 0 Å². The van der Waals surface area contributed by atoms with E-state index in [2.05, 4.69) is 12.2 Å². The van der Waals surface area contributed by atoms with Gasteiger partial charge in [0.05, 0.1) is 12.2 Å². The molecule has 1 saturated carbocycles. The number of aliphatic hydroxyl groups excluding tert-OH is 1. The molecule has 1 aliphatic carbocycles. The number of anilines is 1. The average molecular weight is 291 g/mol. The standard InChI is InChI=1S/C17H25NO3/c1-12-6-5-7-14(10-12)21-11-17(20)18-16-9-4-3-8-15(16)13(2)19/h3-4,8-9,12-14,19H,5-7,10-11H2,1-2H3,(H,18,20)/t12-,13+,14-/m1/s1. The van der Waals surface area contributed by atoms with Gasteiger partial charge >= 0.3 is 0 Å². The molecule has 0 aliphatic heterocycles. The SMILES string of the molecule is C[C@@H]1CCC[C@@H](OCC(=O)Nc2ccccc2[C@H](C)O)C1. The molecule has 0 heterocycles. The third-order valence-corrected chi connectivity index (χ3v) is 4.02. The van der Waals surface area contributed by atoms with E-state index in [0.717, 1.165) is 18.4 Å². The molecule has 0 unspecified atom stereocenters. The molecule has 0 aromatic heterocycles. The molecule has 1 fully saturated rings. The van der Waals surface area contributed by atoms with Gasteiger partial charge in [-0.05, 0) is 31.7 Å². The van der Waals surface area contributed by atoms with Gasteiger partial charge < -0.3 is 15.2 Å². The molecule has 2 N–H and O–H groups in total. The van der Waals surface area contributed by atoms with Crippen molar-refractivity contribution in [1.29, 1.82) is 0 Å². The van der Waals surface area contributed by atoms with Gasteiger partial charge in [-0.15, -0.1) is 0 Å². The first-order valence-electron chi connectivity index (χ1n) is 7.74. The largest absolute Gasteiger partial charge is 0.389 e. The zero-order valence-corrected chi connectivity index (χ0v) is 12.8. The van der Waals surface area contributed by atoms with Crippen molar-refractivity contribution in [3.8, 4) is 0 Å². The van der Waals surface area contributed by atoms with Crippen molar-refractivity contribution in [2.45, 2.75) is 51.7 Å². The van der Waals surface area contributed by atoms with E-state index in [9.17, 15) is 9.90 Å². The Labute approximate surface area is 126 Å². The van der Waals surface area contributed by atoms with Crippen molar-refractivity contribution in [2.24, 2.45) is 5.92 Å². The molecule has 2 rings (SSSR count). The fourth-order valence-corrected chi connectivity index (χ4v) is 2.88. The predicted molar refractivity (Wildman–Crippen MR) is 83.1 cm³/mol. The lowest BCUT2D eigenvalue weighted by Gasteiger charge is -2.26. The number of hydrogen-bond acceptors (Lipinski definition) is 3. The van der Waals surface area contributed by atoms with Crippen molar-refractivity contribution in [2.75, 3.05) is 11.9 Å². The Balaban J connectivity index is 1.84. The second kappa shape index (κ2) is 7.57. The summed E-state index contributed by atoms with van der Waals surface area (Å²) in [5.74, 6) is 0.518. The summed E-state index contributed by atoms with van der Waals surface area (Å²) in [5, 5.41) is 12.5. The molecule has 4 nitrogen and oxygen atoms in total. The van der Waals surface area contributed by atoms with Gasteiger partial charge in [0.25, 0.3) is 0 Å². The number of rotatable bonds is 5. The minimum atomic E-state index is -0.610. The van der Waals surface area contributed by atoms with E-state index in [1.54, 1.807) is 13.0 Å². The third kappa shape index (κ3) is 4.83.